The second kappa shape index (κ2) is 11.6. The van der Waals surface area contributed by atoms with E-state index < -0.39 is 5.60 Å². The van der Waals surface area contributed by atoms with Gasteiger partial charge in [-0.1, -0.05) is 69.3 Å². The molecule has 1 spiro atoms. The summed E-state index contributed by atoms with van der Waals surface area (Å²) in [6, 6.07) is 31.2. The first-order valence-electron chi connectivity index (χ1n) is 19.0. The predicted octanol–water partition coefficient (Wildman–Crippen LogP) is 10.6. The van der Waals surface area contributed by atoms with Crippen LogP contribution in [-0.4, -0.2) is 46.8 Å². The van der Waals surface area contributed by atoms with Gasteiger partial charge in [-0.2, -0.15) is 0 Å². The predicted molar refractivity (Wildman–Crippen MR) is 216 cm³/mol. The molecule has 6 heteroatoms. The van der Waals surface area contributed by atoms with E-state index in [0.717, 1.165) is 73.9 Å². The molecule has 3 aliphatic carbocycles. The maximum Gasteiger partial charge on any atom is 0.178 e. The van der Waals surface area contributed by atoms with Crippen molar-refractivity contribution < 1.29 is 18.9 Å². The maximum atomic E-state index is 7.87. The summed E-state index contributed by atoms with van der Waals surface area (Å²) in [6.45, 7) is 10.8. The van der Waals surface area contributed by atoms with Crippen LogP contribution in [0.3, 0.4) is 0 Å². The van der Waals surface area contributed by atoms with E-state index in [9.17, 15) is 0 Å². The van der Waals surface area contributed by atoms with E-state index in [1.807, 2.05) is 11.8 Å². The van der Waals surface area contributed by atoms with Crippen molar-refractivity contribution in [3.63, 3.8) is 0 Å². The molecule has 5 aliphatic rings. The van der Waals surface area contributed by atoms with Gasteiger partial charge in [0, 0.05) is 45.5 Å². The minimum absolute atomic E-state index is 0.0874. The van der Waals surface area contributed by atoms with E-state index in [1.54, 1.807) is 14.2 Å². The molecule has 0 aromatic heterocycles. The molecule has 0 N–H and O–H groups in total. The van der Waals surface area contributed by atoms with Crippen molar-refractivity contribution in [1.29, 1.82) is 0 Å². The zero-order chi connectivity index (χ0) is 36.3. The quantitative estimate of drug-likeness (QED) is 0.163. The molecular weight excluding hydrogens is 675 g/mol. The number of anilines is 1. The van der Waals surface area contributed by atoms with Crippen LogP contribution in [0.4, 0.5) is 5.69 Å². The molecule has 0 amide bonds. The van der Waals surface area contributed by atoms with Crippen molar-refractivity contribution in [2.24, 2.45) is 10.8 Å². The lowest BCUT2D eigenvalue weighted by molar-refractivity contribution is 0.0771. The first-order valence-corrected chi connectivity index (χ1v) is 20.2. The van der Waals surface area contributed by atoms with Gasteiger partial charge < -0.3 is 23.8 Å². The highest BCUT2D eigenvalue weighted by atomic mass is 32.2. The van der Waals surface area contributed by atoms with Gasteiger partial charge in [-0.05, 0) is 112 Å². The van der Waals surface area contributed by atoms with E-state index in [4.69, 9.17) is 18.9 Å². The summed E-state index contributed by atoms with van der Waals surface area (Å²) < 4.78 is 25.0. The molecule has 2 aliphatic heterocycles. The fourth-order valence-electron chi connectivity index (χ4n) is 11.4. The number of benzene rings is 5. The molecule has 5 nitrogen and oxygen atoms in total. The number of ether oxygens (including phenoxy) is 4. The number of morpholine rings is 1. The number of hydrogen-bond donors (Lipinski definition) is 0. The van der Waals surface area contributed by atoms with Crippen molar-refractivity contribution in [3.8, 4) is 28.4 Å². The lowest BCUT2D eigenvalue weighted by atomic mass is 9.45. The average molecular weight is 722 g/mol. The Labute approximate surface area is 317 Å². The SMILES string of the molecule is COc1ccc(C2(c3ccc(OC)cc3)C=C3c4c5c(c6cc(N7CCOCC7)c(SC)cc6c4O2)-c2ccccc2C52CC(C)(C)CC3(C)C2)cc1. The van der Waals surface area contributed by atoms with E-state index >= 15 is 0 Å². The van der Waals surface area contributed by atoms with Crippen molar-refractivity contribution in [2.45, 2.75) is 55.9 Å². The number of nitrogens with zero attached hydrogens (tertiary/aromatic N) is 1. The molecule has 0 radical (unpaired) electrons. The van der Waals surface area contributed by atoms with Crippen LogP contribution in [0.1, 0.15) is 67.9 Å². The lowest BCUT2D eigenvalue weighted by Gasteiger charge is -2.59. The van der Waals surface area contributed by atoms with Crippen LogP contribution >= 0.6 is 11.8 Å². The molecular formula is C47H47NO4S. The van der Waals surface area contributed by atoms with Gasteiger partial charge in [-0.25, -0.2) is 0 Å². The van der Waals surface area contributed by atoms with E-state index in [0.29, 0.717) is 0 Å². The summed E-state index contributed by atoms with van der Waals surface area (Å²) in [5, 5.41) is 2.47. The highest BCUT2D eigenvalue weighted by Gasteiger charge is 2.62. The molecule has 2 bridgehead atoms. The van der Waals surface area contributed by atoms with Gasteiger partial charge >= 0.3 is 0 Å². The Balaban J connectivity index is 1.36. The van der Waals surface area contributed by atoms with Gasteiger partial charge in [-0.3, -0.25) is 0 Å². The Morgan fingerprint density at radius 2 is 1.40 bits per heavy atom. The third-order valence-corrected chi connectivity index (χ3v) is 13.8. The summed E-state index contributed by atoms with van der Waals surface area (Å²) in [4.78, 5) is 3.79. The third-order valence-electron chi connectivity index (χ3n) is 13.0. The molecule has 5 aromatic rings. The Morgan fingerprint density at radius 3 is 2.04 bits per heavy atom. The normalized spacial score (nSPS) is 24.2. The fourth-order valence-corrected chi connectivity index (χ4v) is 12.0. The Hall–Kier alpha value is -4.39. The largest absolute Gasteiger partial charge is 0.497 e. The van der Waals surface area contributed by atoms with Crippen molar-refractivity contribution >= 4 is 33.8 Å². The molecule has 2 unspecified atom stereocenters. The minimum atomic E-state index is -0.888. The molecule has 5 aromatic carbocycles. The van der Waals surface area contributed by atoms with Crippen molar-refractivity contribution in [1.82, 2.24) is 0 Å². The molecule has 270 valence electrons. The van der Waals surface area contributed by atoms with E-state index in [1.165, 1.54) is 54.7 Å². The number of allylic oxidation sites excluding steroid dienone is 1. The van der Waals surface area contributed by atoms with Crippen LogP contribution in [0.25, 0.3) is 27.5 Å². The summed E-state index contributed by atoms with van der Waals surface area (Å²) >= 11 is 1.82. The smallest absolute Gasteiger partial charge is 0.178 e. The average Bonchev–Trinajstić information content (AvgIpc) is 3.45. The number of methoxy groups -OCH3 is 2. The number of thioether (sulfide) groups is 1. The van der Waals surface area contributed by atoms with Gasteiger partial charge in [0.2, 0.25) is 0 Å². The van der Waals surface area contributed by atoms with E-state index in [2.05, 4.69) is 123 Å². The monoisotopic (exact) mass is 721 g/mol. The molecule has 2 heterocycles. The van der Waals surface area contributed by atoms with Crippen LogP contribution in [0.2, 0.25) is 0 Å². The van der Waals surface area contributed by atoms with E-state index in [-0.39, 0.29) is 16.2 Å². The molecule has 2 fully saturated rings. The minimum Gasteiger partial charge on any atom is -0.497 e. The van der Waals surface area contributed by atoms with Gasteiger partial charge in [-0.15, -0.1) is 11.8 Å². The fraction of sp³-hybridized carbons (Fsp3) is 0.362. The summed E-state index contributed by atoms with van der Waals surface area (Å²) in [5.74, 6) is 2.66. The van der Waals surface area contributed by atoms with Crippen LogP contribution in [0.5, 0.6) is 17.2 Å². The molecule has 53 heavy (non-hydrogen) atoms. The highest BCUT2D eigenvalue weighted by Crippen LogP contribution is 2.74. The molecule has 10 rings (SSSR count). The number of fused-ring (bicyclic) bond motifs is 7. The summed E-state index contributed by atoms with van der Waals surface area (Å²) in [5.41, 5.74) is 11.0. The lowest BCUT2D eigenvalue weighted by Crippen LogP contribution is -2.50. The zero-order valence-electron chi connectivity index (χ0n) is 31.6. The number of rotatable bonds is 6. The first kappa shape index (κ1) is 33.2. The second-order valence-corrected chi connectivity index (χ2v) is 17.7. The van der Waals surface area contributed by atoms with Crippen molar-refractivity contribution in [3.05, 3.63) is 119 Å². The summed E-state index contributed by atoms with van der Waals surface area (Å²) in [6.07, 6.45) is 8.02. The maximum absolute atomic E-state index is 7.87. The van der Waals surface area contributed by atoms with Crippen molar-refractivity contribution in [2.75, 3.05) is 51.7 Å². The zero-order valence-corrected chi connectivity index (χ0v) is 32.4. The standard InChI is InChI=1S/C47H47NO4S/c1-44(2)26-45(3)28-46(27-44)36-10-8-7-9-33(36)40-34-23-38(48-19-21-51-22-20-48)39(53-6)24-35(34)43-41(42(40)46)37(45)25-47(52-43,29-11-15-31(49-4)16-12-29)30-13-17-32(50-5)18-14-30/h7-18,23-25H,19-22,26-28H2,1-6H3. The molecule has 1 saturated carbocycles. The number of hydrogen-bond acceptors (Lipinski definition) is 6. The molecule has 1 saturated heterocycles. The highest BCUT2D eigenvalue weighted by molar-refractivity contribution is 7.98. The Morgan fingerprint density at radius 1 is 0.736 bits per heavy atom. The van der Waals surface area contributed by atoms with Gasteiger partial charge in [0.05, 0.1) is 33.1 Å². The third kappa shape index (κ3) is 4.61. The topological polar surface area (TPSA) is 40.2 Å². The Bertz CT molecular complexity index is 2290. The van der Waals surface area contributed by atoms with Crippen LogP contribution in [0.15, 0.2) is 95.9 Å². The summed E-state index contributed by atoms with van der Waals surface area (Å²) in [7, 11) is 3.45. The van der Waals surface area contributed by atoms with Crippen LogP contribution < -0.4 is 19.1 Å². The van der Waals surface area contributed by atoms with Gasteiger partial charge in [0.1, 0.15) is 17.2 Å². The van der Waals surface area contributed by atoms with Crippen LogP contribution in [-0.2, 0) is 15.8 Å². The first-order chi connectivity index (χ1) is 25.6. The molecule has 2 atom stereocenters. The Kier molecular flexibility index (Phi) is 7.24. The van der Waals surface area contributed by atoms with Gasteiger partial charge in [0.25, 0.3) is 0 Å². The van der Waals surface area contributed by atoms with Gasteiger partial charge in [0.15, 0.2) is 5.60 Å². The second-order valence-electron chi connectivity index (χ2n) is 16.9. The van der Waals surface area contributed by atoms with Crippen LogP contribution in [0, 0.1) is 10.8 Å².